The Morgan fingerprint density at radius 1 is 0.455 bits per heavy atom. The van der Waals surface area contributed by atoms with E-state index in [1.165, 1.54) is 112 Å². The minimum Gasteiger partial charge on any atom is -0.457 e. The molecule has 2 aliphatic rings. The maximum Gasteiger partial charge on any atom is 0.432 e. The van der Waals surface area contributed by atoms with Crippen molar-refractivity contribution in [2.75, 3.05) is 64.0 Å². The van der Waals surface area contributed by atoms with Crippen molar-refractivity contribution in [1.82, 2.24) is 0 Å². The number of benzene rings is 5. The summed E-state index contributed by atoms with van der Waals surface area (Å²) in [7, 11) is 7.00. The summed E-state index contributed by atoms with van der Waals surface area (Å²) in [5, 5.41) is 0. The van der Waals surface area contributed by atoms with Crippen LogP contribution < -0.4 is 0 Å². The second kappa shape index (κ2) is 46.5. The van der Waals surface area contributed by atoms with Gasteiger partial charge in [0.05, 0.1) is 6.10 Å². The van der Waals surface area contributed by atoms with Gasteiger partial charge in [0.1, 0.15) is 66.6 Å². The van der Waals surface area contributed by atoms with E-state index < -0.39 is 214 Å². The van der Waals surface area contributed by atoms with Crippen LogP contribution in [0.15, 0.2) is 236 Å². The van der Waals surface area contributed by atoms with Gasteiger partial charge in [0.15, 0.2) is 0 Å². The van der Waals surface area contributed by atoms with Crippen molar-refractivity contribution in [3.63, 3.8) is 0 Å². The number of allylic oxidation sites excluding steroid dienone is 7. The monoisotopic (exact) mass is 1880 g/mol. The Balaban J connectivity index is 1.51. The highest BCUT2D eigenvalue weighted by Crippen LogP contribution is 2.53. The summed E-state index contributed by atoms with van der Waals surface area (Å²) in [5.74, 6) is -13.9. The van der Waals surface area contributed by atoms with Gasteiger partial charge in [0, 0.05) is 110 Å². The number of cyclic esters (lactones) is 1. The van der Waals surface area contributed by atoms with E-state index in [9.17, 15) is 19.2 Å². The number of ether oxygens (including phenoxy) is 16. The quantitative estimate of drug-likeness (QED) is 0.0127. The molecule has 132 heavy (non-hydrogen) atoms. The molecule has 37 heteroatoms. The molecule has 0 saturated carbocycles. The molecule has 0 radical (unpaired) electrons. The lowest BCUT2D eigenvalue weighted by molar-refractivity contribution is -0.281. The maximum atomic E-state index is 16.2. The second-order valence-corrected chi connectivity index (χ2v) is 31.2. The molecule has 5 aromatic carbocycles. The molecule has 0 amide bonds. The van der Waals surface area contributed by atoms with Crippen molar-refractivity contribution in [2.24, 2.45) is 11.8 Å². The zero-order valence-electron chi connectivity index (χ0n) is 74.8. The van der Waals surface area contributed by atoms with Crippen molar-refractivity contribution in [1.29, 1.82) is 0 Å². The molecule has 0 aromatic heterocycles. The van der Waals surface area contributed by atoms with Crippen LogP contribution in [0.25, 0.3) is 0 Å². The SMILES string of the molecule is CCC[C@H](OC(=O)[C@@](OC)(c1ccccc1)C(F)(F)F)[C@@H](OC)[C@H]1O[C@]1(C)[C@H](C/C=C/[C@@H]1OC(=O)/C=C/C=C/[C@@H](OC)[C@H](OC(=O)[C@@](OC)(c2ccccc2)C(F)(F)F)/C=C/C(C)=C/C(C)CCC[C@@H](OC)[C@H](OC(=O)[C@@](OC)(c2ccccc2)C(F)(F)F)/C=C/C(C)=C/[C@@H](C)[C@H](OC(=O)[C@@](OC)(c2ccccc2)C(F)(F)F)[C@H]1OC)OC(=O)[C@@](OC)(c1ccccc1)C(F)(F)F. The third kappa shape index (κ3) is 24.0. The first-order valence-electron chi connectivity index (χ1n) is 41.3. The number of hydrogen-bond donors (Lipinski definition) is 0. The fraction of sp³-hybridized carbons (Fsp3) is 0.474. The summed E-state index contributed by atoms with van der Waals surface area (Å²) < 4.78 is 327. The molecule has 1 saturated heterocycles. The topological polar surface area (TPSA) is 253 Å². The van der Waals surface area contributed by atoms with Crippen molar-refractivity contribution in [3.05, 3.63) is 264 Å². The summed E-state index contributed by atoms with van der Waals surface area (Å²) in [5.41, 5.74) is -25.2. The number of halogens is 15. The van der Waals surface area contributed by atoms with Crippen LogP contribution in [0.5, 0.6) is 0 Å². The van der Waals surface area contributed by atoms with Crippen molar-refractivity contribution < 1.29 is 170 Å². The maximum absolute atomic E-state index is 16.2. The smallest absolute Gasteiger partial charge is 0.432 e. The molecular formula is C95H107F15O22. The number of methoxy groups -OCH3 is 9. The van der Waals surface area contributed by atoms with Gasteiger partial charge in [0.25, 0.3) is 28.0 Å². The molecule has 1 unspecified atom stereocenters. The lowest BCUT2D eigenvalue weighted by atomic mass is 9.89. The average Bonchev–Trinajstić information content (AvgIpc) is 1.55. The van der Waals surface area contributed by atoms with Crippen LogP contribution in [0, 0.1) is 11.8 Å². The molecular weight excluding hydrogens is 1780 g/mol. The number of alkyl halides is 15. The standard InChI is InChI=1S/C95H107F15O22/c1-16-36-72(129-82(114)88(123-13,93(102,103)104)65-42-26-19-27-43-65)78(120-10)79-85(6,132-79)74(130-83(115)89(124-14,94(105,106)107)66-44-28-20-29-45-66)51-35-50-73-77(119-9)76(131-84(116)90(125-15,95(108,109)110)67-46-30-21-31-47-67)62(5)58-61(4)54-56-71(128-81(113)87(122-12,92(99,100)101)64-40-24-18-25-41-64)69(118-8)49-34-37-59(2)57-60(3)53-55-70(68(117-7)48-32-33-52-75(111)126-73)127-80(112)86(121-11,91(96,97)98)63-38-22-17-23-39-63/h17-33,35,38-48,50,52-59,62,68-74,76-79H,16,34,36-37,49,51H2,1-15H3/b48-32+,50-35+,52-33+,55-53+,56-54+,60-57+,61-58+/t59?,62-,68-,69-,70-,71-,72+,73+,74+,76+,77+,78-,79-,85-,86+,87+,88+,89+,90+/m1/s1. The Bertz CT molecular complexity index is 4800. The third-order valence-electron chi connectivity index (χ3n) is 22.7. The van der Waals surface area contributed by atoms with Gasteiger partial charge in [-0.3, -0.25) is 0 Å². The van der Waals surface area contributed by atoms with Crippen LogP contribution in [-0.4, -0.2) is 203 Å². The third-order valence-corrected chi connectivity index (χ3v) is 22.7. The highest BCUT2D eigenvalue weighted by atomic mass is 19.4. The molecule has 724 valence electrons. The molecule has 0 spiro atoms. The van der Waals surface area contributed by atoms with E-state index in [1.54, 1.807) is 19.9 Å². The van der Waals surface area contributed by atoms with E-state index in [0.29, 0.717) is 47.2 Å². The summed E-state index contributed by atoms with van der Waals surface area (Å²) in [6.07, 6.45) is -36.4. The summed E-state index contributed by atoms with van der Waals surface area (Å²) in [6, 6.07) is 27.6. The normalized spacial score (nSPS) is 26.2. The van der Waals surface area contributed by atoms with Gasteiger partial charge in [-0.15, -0.1) is 0 Å². The Kier molecular flexibility index (Phi) is 38.3. The predicted molar refractivity (Wildman–Crippen MR) is 447 cm³/mol. The van der Waals surface area contributed by atoms with Gasteiger partial charge in [-0.05, 0) is 64.2 Å². The molecule has 0 aliphatic carbocycles. The lowest BCUT2D eigenvalue weighted by Crippen LogP contribution is -2.55. The summed E-state index contributed by atoms with van der Waals surface area (Å²) >= 11 is 0. The van der Waals surface area contributed by atoms with Crippen LogP contribution >= 0.6 is 0 Å². The van der Waals surface area contributed by atoms with Crippen LogP contribution in [0.4, 0.5) is 65.9 Å². The Hall–Kier alpha value is -10.4. The first-order chi connectivity index (χ1) is 62.2. The molecule has 0 N–H and O–H groups in total. The fourth-order valence-electron chi connectivity index (χ4n) is 15.8. The van der Waals surface area contributed by atoms with Crippen LogP contribution in [0.1, 0.15) is 108 Å². The number of hydrogen-bond acceptors (Lipinski definition) is 22. The summed E-state index contributed by atoms with van der Waals surface area (Å²) in [4.78, 5) is 88.7. The van der Waals surface area contributed by atoms with E-state index in [2.05, 4.69) is 0 Å². The molecule has 19 atom stereocenters. The molecule has 7 rings (SSSR count). The van der Waals surface area contributed by atoms with Crippen LogP contribution in [0.2, 0.25) is 0 Å². The zero-order valence-corrected chi connectivity index (χ0v) is 74.8. The summed E-state index contributed by atoms with van der Waals surface area (Å²) in [6.45, 7) is 8.59. The second-order valence-electron chi connectivity index (χ2n) is 31.2. The van der Waals surface area contributed by atoms with Gasteiger partial charge >= 0.3 is 66.7 Å². The van der Waals surface area contributed by atoms with E-state index in [-0.39, 0.29) is 37.7 Å². The van der Waals surface area contributed by atoms with Gasteiger partial charge in [0.2, 0.25) is 0 Å². The zero-order chi connectivity index (χ0) is 98.2. The highest BCUT2D eigenvalue weighted by molar-refractivity contribution is 5.86. The lowest BCUT2D eigenvalue weighted by Gasteiger charge is -2.37. The van der Waals surface area contributed by atoms with Gasteiger partial charge in [-0.25, -0.2) is 28.8 Å². The van der Waals surface area contributed by atoms with E-state index in [4.69, 9.17) is 75.8 Å². The van der Waals surface area contributed by atoms with Gasteiger partial charge < -0.3 is 75.8 Å². The molecule has 5 aromatic rings. The van der Waals surface area contributed by atoms with Gasteiger partial charge in [-0.2, -0.15) is 65.9 Å². The first kappa shape index (κ1) is 109. The van der Waals surface area contributed by atoms with Crippen LogP contribution in [-0.2, 0) is 133 Å². The fourth-order valence-corrected chi connectivity index (χ4v) is 15.8. The van der Waals surface area contributed by atoms with Crippen LogP contribution in [0.3, 0.4) is 0 Å². The Morgan fingerprint density at radius 2 is 0.841 bits per heavy atom. The largest absolute Gasteiger partial charge is 0.457 e. The number of rotatable bonds is 32. The highest BCUT2D eigenvalue weighted by Gasteiger charge is 2.72. The molecule has 0 bridgehead atoms. The number of esters is 6. The molecule has 2 aliphatic heterocycles. The van der Waals surface area contributed by atoms with Crippen molar-refractivity contribution in [3.8, 4) is 0 Å². The Labute approximate surface area is 754 Å². The Morgan fingerprint density at radius 3 is 1.22 bits per heavy atom. The number of epoxide rings is 1. The van der Waals surface area contributed by atoms with E-state index >= 15 is 75.4 Å². The molecule has 2 heterocycles. The van der Waals surface area contributed by atoms with Crippen molar-refractivity contribution >= 4 is 35.8 Å². The first-order valence-corrected chi connectivity index (χ1v) is 41.3. The van der Waals surface area contributed by atoms with Crippen molar-refractivity contribution in [2.45, 2.75) is 212 Å². The molecule has 1 fully saturated rings. The minimum atomic E-state index is -5.74. The van der Waals surface area contributed by atoms with Gasteiger partial charge in [-0.1, -0.05) is 245 Å². The van der Waals surface area contributed by atoms with E-state index in [0.717, 1.165) is 157 Å². The average molecular weight is 1890 g/mol. The number of carbonyl (C=O) groups excluding carboxylic acids is 6. The minimum absolute atomic E-state index is 0.00944. The molecule has 22 nitrogen and oxygen atoms in total. The predicted octanol–water partition coefficient (Wildman–Crippen LogP) is 18.5. The van der Waals surface area contributed by atoms with E-state index in [1.807, 2.05) is 0 Å². The number of carbonyl (C=O) groups is 6.